The predicted molar refractivity (Wildman–Crippen MR) is 58.1 cm³/mol. The van der Waals surface area contributed by atoms with Gasteiger partial charge in [-0.3, -0.25) is 0 Å². The Morgan fingerprint density at radius 3 is 2.60 bits per heavy atom. The van der Waals surface area contributed by atoms with Gasteiger partial charge in [-0.25, -0.2) is 0 Å². The van der Waals surface area contributed by atoms with Crippen molar-refractivity contribution in [1.29, 1.82) is 0 Å². The standard InChI is InChI=1S/C12H20O3/c1-6-9-8(3)10(7-2)15-11(14-5)12(9,4)13/h2,8-11,13H,6H2,1,3-5H3/t8-,9+,10-,11+,12-/m1/s1. The summed E-state index contributed by atoms with van der Waals surface area (Å²) in [5, 5.41) is 10.4. The molecule has 1 rings (SSSR count). The minimum Gasteiger partial charge on any atom is -0.385 e. The molecule has 0 bridgehead atoms. The summed E-state index contributed by atoms with van der Waals surface area (Å²) in [5.74, 6) is 2.84. The fraction of sp³-hybridized carbons (Fsp3) is 0.833. The van der Waals surface area contributed by atoms with E-state index >= 15 is 0 Å². The molecule has 1 heterocycles. The number of aliphatic hydroxyl groups is 1. The highest BCUT2D eigenvalue weighted by atomic mass is 16.7. The molecule has 15 heavy (non-hydrogen) atoms. The molecule has 0 amide bonds. The topological polar surface area (TPSA) is 38.7 Å². The predicted octanol–water partition coefficient (Wildman–Crippen LogP) is 1.40. The van der Waals surface area contributed by atoms with Gasteiger partial charge in [-0.05, 0) is 25.2 Å². The van der Waals surface area contributed by atoms with Crippen LogP contribution in [0.5, 0.6) is 0 Å². The summed E-state index contributed by atoms with van der Waals surface area (Å²) in [5.41, 5.74) is -0.976. The number of methoxy groups -OCH3 is 1. The van der Waals surface area contributed by atoms with E-state index in [0.29, 0.717) is 0 Å². The lowest BCUT2D eigenvalue weighted by Gasteiger charge is -2.47. The number of rotatable bonds is 2. The van der Waals surface area contributed by atoms with E-state index in [2.05, 4.69) is 5.92 Å². The number of hydrogen-bond acceptors (Lipinski definition) is 3. The van der Waals surface area contributed by atoms with Crippen LogP contribution in [0.3, 0.4) is 0 Å². The molecule has 86 valence electrons. The zero-order valence-electron chi connectivity index (χ0n) is 9.86. The molecular weight excluding hydrogens is 192 g/mol. The Morgan fingerprint density at radius 2 is 2.20 bits per heavy atom. The third-order valence-electron chi connectivity index (χ3n) is 3.43. The fourth-order valence-corrected chi connectivity index (χ4v) is 2.58. The van der Waals surface area contributed by atoms with Crippen LogP contribution < -0.4 is 0 Å². The van der Waals surface area contributed by atoms with Crippen LogP contribution in [0.15, 0.2) is 0 Å². The van der Waals surface area contributed by atoms with Gasteiger partial charge in [-0.2, -0.15) is 0 Å². The Balaban J connectivity index is 2.96. The van der Waals surface area contributed by atoms with Crippen LogP contribution in [0, 0.1) is 24.2 Å². The van der Waals surface area contributed by atoms with Crippen molar-refractivity contribution in [1.82, 2.24) is 0 Å². The van der Waals surface area contributed by atoms with Crippen molar-refractivity contribution in [2.24, 2.45) is 11.8 Å². The molecular formula is C12H20O3. The minimum absolute atomic E-state index is 0.0947. The van der Waals surface area contributed by atoms with Crippen LogP contribution >= 0.6 is 0 Å². The molecule has 5 atom stereocenters. The number of ether oxygens (including phenoxy) is 2. The number of hydrogen-bond donors (Lipinski definition) is 1. The molecule has 3 heteroatoms. The lowest BCUT2D eigenvalue weighted by atomic mass is 9.73. The third-order valence-corrected chi connectivity index (χ3v) is 3.43. The monoisotopic (exact) mass is 212 g/mol. The second-order valence-electron chi connectivity index (χ2n) is 4.39. The van der Waals surface area contributed by atoms with Crippen LogP contribution in [-0.2, 0) is 9.47 Å². The highest BCUT2D eigenvalue weighted by Gasteiger charge is 2.49. The Morgan fingerprint density at radius 1 is 1.60 bits per heavy atom. The maximum atomic E-state index is 10.4. The first-order chi connectivity index (χ1) is 6.98. The molecule has 1 saturated heterocycles. The summed E-state index contributed by atoms with van der Waals surface area (Å²) in [6.45, 7) is 5.80. The van der Waals surface area contributed by atoms with Gasteiger partial charge in [0.2, 0.25) is 0 Å². The molecule has 0 aromatic carbocycles. The molecule has 0 radical (unpaired) electrons. The van der Waals surface area contributed by atoms with E-state index in [1.165, 1.54) is 7.11 Å². The summed E-state index contributed by atoms with van der Waals surface area (Å²) < 4.78 is 10.7. The summed E-state index contributed by atoms with van der Waals surface area (Å²) in [4.78, 5) is 0. The Labute approximate surface area is 91.8 Å². The largest absolute Gasteiger partial charge is 0.385 e. The van der Waals surface area contributed by atoms with Gasteiger partial charge in [0.05, 0.1) is 0 Å². The van der Waals surface area contributed by atoms with Crippen LogP contribution in [0.25, 0.3) is 0 Å². The van der Waals surface area contributed by atoms with Crippen molar-refractivity contribution >= 4 is 0 Å². The van der Waals surface area contributed by atoms with Crippen molar-refractivity contribution in [2.45, 2.75) is 45.2 Å². The van der Waals surface area contributed by atoms with E-state index in [4.69, 9.17) is 15.9 Å². The van der Waals surface area contributed by atoms with Gasteiger partial charge in [0, 0.05) is 7.11 Å². The average molecular weight is 212 g/mol. The first kappa shape index (κ1) is 12.5. The molecule has 0 aromatic heterocycles. The highest BCUT2D eigenvalue weighted by molar-refractivity contribution is 5.05. The summed E-state index contributed by atoms with van der Waals surface area (Å²) in [7, 11) is 1.52. The van der Waals surface area contributed by atoms with Crippen LogP contribution in [0.1, 0.15) is 27.2 Å². The highest BCUT2D eigenvalue weighted by Crippen LogP contribution is 2.40. The second kappa shape index (κ2) is 4.52. The van der Waals surface area contributed by atoms with E-state index in [9.17, 15) is 5.11 Å². The molecule has 0 aliphatic carbocycles. The second-order valence-corrected chi connectivity index (χ2v) is 4.39. The Hall–Kier alpha value is -0.560. The molecule has 1 aliphatic heterocycles. The average Bonchev–Trinajstić information content (AvgIpc) is 2.18. The molecule has 0 unspecified atom stereocenters. The van der Waals surface area contributed by atoms with Crippen molar-refractivity contribution in [3.8, 4) is 12.3 Å². The first-order valence-electron chi connectivity index (χ1n) is 5.35. The molecule has 3 nitrogen and oxygen atoms in total. The lowest BCUT2D eigenvalue weighted by Crippen LogP contribution is -2.58. The molecule has 1 aliphatic rings. The Bertz CT molecular complexity index is 254. The van der Waals surface area contributed by atoms with Crippen molar-refractivity contribution in [3.05, 3.63) is 0 Å². The van der Waals surface area contributed by atoms with Gasteiger partial charge in [0.25, 0.3) is 0 Å². The zero-order chi connectivity index (χ0) is 11.6. The van der Waals surface area contributed by atoms with Crippen LogP contribution in [-0.4, -0.2) is 30.2 Å². The van der Waals surface area contributed by atoms with Crippen molar-refractivity contribution in [2.75, 3.05) is 7.11 Å². The SMILES string of the molecule is C#C[C@H]1O[C@H](OC)[C@](C)(O)[C@@H](CC)[C@H]1C. The molecule has 0 spiro atoms. The smallest absolute Gasteiger partial charge is 0.187 e. The van der Waals surface area contributed by atoms with Gasteiger partial charge in [-0.15, -0.1) is 6.42 Å². The molecule has 1 fully saturated rings. The molecule has 0 aromatic rings. The van der Waals surface area contributed by atoms with Crippen molar-refractivity contribution < 1.29 is 14.6 Å². The van der Waals surface area contributed by atoms with Crippen molar-refractivity contribution in [3.63, 3.8) is 0 Å². The van der Waals surface area contributed by atoms with Gasteiger partial charge in [-0.1, -0.05) is 19.8 Å². The summed E-state index contributed by atoms with van der Waals surface area (Å²) >= 11 is 0. The molecule has 0 saturated carbocycles. The normalized spacial score (nSPS) is 46.1. The van der Waals surface area contributed by atoms with Gasteiger partial charge >= 0.3 is 0 Å². The van der Waals surface area contributed by atoms with Gasteiger partial charge in [0.1, 0.15) is 11.7 Å². The first-order valence-corrected chi connectivity index (χ1v) is 5.35. The van der Waals surface area contributed by atoms with E-state index in [-0.39, 0.29) is 17.9 Å². The van der Waals surface area contributed by atoms with E-state index < -0.39 is 11.9 Å². The number of terminal acetylenes is 1. The van der Waals surface area contributed by atoms with Crippen LogP contribution in [0.4, 0.5) is 0 Å². The summed E-state index contributed by atoms with van der Waals surface area (Å²) in [6, 6.07) is 0. The van der Waals surface area contributed by atoms with Gasteiger partial charge < -0.3 is 14.6 Å². The van der Waals surface area contributed by atoms with E-state index in [1.807, 2.05) is 13.8 Å². The lowest BCUT2D eigenvalue weighted by molar-refractivity contribution is -0.293. The molecule has 1 N–H and O–H groups in total. The Kier molecular flexibility index (Phi) is 3.77. The summed E-state index contributed by atoms with van der Waals surface area (Å²) in [6.07, 6.45) is 5.34. The van der Waals surface area contributed by atoms with Gasteiger partial charge in [0.15, 0.2) is 6.29 Å². The fourth-order valence-electron chi connectivity index (χ4n) is 2.58. The van der Waals surface area contributed by atoms with E-state index in [0.717, 1.165) is 6.42 Å². The third kappa shape index (κ3) is 2.03. The van der Waals surface area contributed by atoms with Crippen LogP contribution in [0.2, 0.25) is 0 Å². The maximum Gasteiger partial charge on any atom is 0.187 e. The maximum absolute atomic E-state index is 10.4. The zero-order valence-corrected chi connectivity index (χ0v) is 9.86. The van der Waals surface area contributed by atoms with E-state index in [1.54, 1.807) is 6.92 Å². The minimum atomic E-state index is -0.976. The quantitative estimate of drug-likeness (QED) is 0.703.